The molecular formula is C19H22N6O2. The predicted molar refractivity (Wildman–Crippen MR) is 101 cm³/mol. The van der Waals surface area contributed by atoms with Gasteiger partial charge in [0.2, 0.25) is 5.91 Å². The van der Waals surface area contributed by atoms with Crippen LogP contribution in [0.1, 0.15) is 28.2 Å². The summed E-state index contributed by atoms with van der Waals surface area (Å²) in [5.41, 5.74) is 3.93. The number of hydrogen-bond acceptors (Lipinski definition) is 4. The van der Waals surface area contributed by atoms with Gasteiger partial charge in [0.1, 0.15) is 0 Å². The molecule has 0 radical (unpaired) electrons. The van der Waals surface area contributed by atoms with Gasteiger partial charge in [-0.1, -0.05) is 11.6 Å². The minimum atomic E-state index is -0.236. The largest absolute Gasteiger partial charge is 0.336 e. The van der Waals surface area contributed by atoms with Crippen molar-refractivity contribution in [1.82, 2.24) is 24.9 Å². The van der Waals surface area contributed by atoms with Gasteiger partial charge in [-0.3, -0.25) is 19.4 Å². The Morgan fingerprint density at radius 3 is 2.85 bits per heavy atom. The number of amides is 2. The van der Waals surface area contributed by atoms with Gasteiger partial charge in [-0.15, -0.1) is 0 Å². The van der Waals surface area contributed by atoms with Crippen LogP contribution in [-0.2, 0) is 11.8 Å². The summed E-state index contributed by atoms with van der Waals surface area (Å²) in [6.45, 7) is 4.82. The number of rotatable bonds is 3. The second kappa shape index (κ2) is 6.53. The molecule has 1 unspecified atom stereocenters. The van der Waals surface area contributed by atoms with Crippen molar-refractivity contribution in [2.24, 2.45) is 13.0 Å². The monoisotopic (exact) mass is 366 g/mol. The van der Waals surface area contributed by atoms with Crippen molar-refractivity contribution >= 4 is 28.4 Å². The average Bonchev–Trinajstić information content (AvgIpc) is 3.36. The van der Waals surface area contributed by atoms with E-state index >= 15 is 0 Å². The number of aryl methyl sites for hydroxylation is 2. The molecule has 1 saturated heterocycles. The molecule has 2 amide bonds. The third-order valence-corrected chi connectivity index (χ3v) is 5.26. The molecule has 8 nitrogen and oxygen atoms in total. The zero-order chi connectivity index (χ0) is 19.1. The van der Waals surface area contributed by atoms with Crippen LogP contribution in [-0.4, -0.2) is 49.8 Å². The molecule has 1 aliphatic heterocycles. The van der Waals surface area contributed by atoms with Gasteiger partial charge in [-0.25, -0.2) is 0 Å². The molecule has 27 heavy (non-hydrogen) atoms. The van der Waals surface area contributed by atoms with Gasteiger partial charge < -0.3 is 10.2 Å². The number of benzene rings is 1. The van der Waals surface area contributed by atoms with Gasteiger partial charge in [0.05, 0.1) is 29.0 Å². The number of fused-ring (bicyclic) bond motifs is 1. The third-order valence-electron chi connectivity index (χ3n) is 5.26. The number of aromatic nitrogens is 4. The SMILES string of the molecule is Cc1ccc2[nH]nc(C(=O)N3CCC(C(=O)Nc4cnn(C)c4C)C3)c2c1. The van der Waals surface area contributed by atoms with Crippen LogP contribution in [0.5, 0.6) is 0 Å². The van der Waals surface area contributed by atoms with Crippen molar-refractivity contribution in [3.05, 3.63) is 41.3 Å². The highest BCUT2D eigenvalue weighted by Crippen LogP contribution is 2.24. The molecule has 1 atom stereocenters. The topological polar surface area (TPSA) is 95.9 Å². The second-order valence-corrected chi connectivity index (χ2v) is 7.11. The van der Waals surface area contributed by atoms with Crippen LogP contribution in [0.2, 0.25) is 0 Å². The molecule has 2 N–H and O–H groups in total. The van der Waals surface area contributed by atoms with Gasteiger partial charge in [0, 0.05) is 25.5 Å². The molecule has 1 aliphatic rings. The molecule has 3 aromatic rings. The van der Waals surface area contributed by atoms with E-state index < -0.39 is 0 Å². The fraction of sp³-hybridized carbons (Fsp3) is 0.368. The highest BCUT2D eigenvalue weighted by atomic mass is 16.2. The number of carbonyl (C=O) groups excluding carboxylic acids is 2. The van der Waals surface area contributed by atoms with Crippen LogP contribution in [0.3, 0.4) is 0 Å². The first kappa shape index (κ1) is 17.3. The number of aromatic amines is 1. The summed E-state index contributed by atoms with van der Waals surface area (Å²) in [6, 6.07) is 5.85. The van der Waals surface area contributed by atoms with Crippen molar-refractivity contribution in [3.8, 4) is 0 Å². The van der Waals surface area contributed by atoms with Gasteiger partial charge >= 0.3 is 0 Å². The average molecular weight is 366 g/mol. The van der Waals surface area contributed by atoms with Gasteiger partial charge in [0.15, 0.2) is 5.69 Å². The number of H-pyrrole nitrogens is 1. The highest BCUT2D eigenvalue weighted by Gasteiger charge is 2.33. The molecule has 3 heterocycles. The number of carbonyl (C=O) groups is 2. The Hall–Kier alpha value is -3.16. The van der Waals surface area contributed by atoms with E-state index in [2.05, 4.69) is 20.6 Å². The molecule has 2 aromatic heterocycles. The maximum atomic E-state index is 12.9. The van der Waals surface area contributed by atoms with Crippen molar-refractivity contribution in [3.63, 3.8) is 0 Å². The number of nitrogens with zero attached hydrogens (tertiary/aromatic N) is 4. The zero-order valence-corrected chi connectivity index (χ0v) is 15.6. The van der Waals surface area contributed by atoms with Gasteiger partial charge in [-0.2, -0.15) is 10.2 Å². The molecular weight excluding hydrogens is 344 g/mol. The standard InChI is InChI=1S/C19H22N6O2/c1-11-4-5-15-14(8-11)17(23-22-15)19(27)25-7-6-13(10-25)18(26)21-16-9-20-24(3)12(16)2/h4-5,8-9,13H,6-7,10H2,1-3H3,(H,21,26)(H,22,23). The first-order valence-corrected chi connectivity index (χ1v) is 8.97. The van der Waals surface area contributed by atoms with Crippen LogP contribution < -0.4 is 5.32 Å². The van der Waals surface area contributed by atoms with Gasteiger partial charge in [-0.05, 0) is 32.4 Å². The smallest absolute Gasteiger partial charge is 0.275 e. The van der Waals surface area contributed by atoms with E-state index in [1.165, 1.54) is 0 Å². The van der Waals surface area contributed by atoms with E-state index in [0.717, 1.165) is 22.2 Å². The number of likely N-dealkylation sites (tertiary alicyclic amines) is 1. The first-order valence-electron chi connectivity index (χ1n) is 8.97. The number of anilines is 1. The Morgan fingerprint density at radius 1 is 1.30 bits per heavy atom. The van der Waals surface area contributed by atoms with Crippen LogP contribution in [0.15, 0.2) is 24.4 Å². The Kier molecular flexibility index (Phi) is 4.18. The van der Waals surface area contributed by atoms with Crippen molar-refractivity contribution in [2.45, 2.75) is 20.3 Å². The lowest BCUT2D eigenvalue weighted by atomic mass is 10.1. The quantitative estimate of drug-likeness (QED) is 0.741. The summed E-state index contributed by atoms with van der Waals surface area (Å²) in [4.78, 5) is 27.2. The zero-order valence-electron chi connectivity index (χ0n) is 15.6. The molecule has 0 spiro atoms. The van der Waals surface area contributed by atoms with Crippen LogP contribution >= 0.6 is 0 Å². The van der Waals surface area contributed by atoms with Crippen LogP contribution in [0.25, 0.3) is 10.9 Å². The molecule has 0 saturated carbocycles. The normalized spacial score (nSPS) is 16.9. The minimum absolute atomic E-state index is 0.0795. The lowest BCUT2D eigenvalue weighted by Crippen LogP contribution is -2.31. The van der Waals surface area contributed by atoms with E-state index in [1.807, 2.05) is 39.1 Å². The molecule has 1 aromatic carbocycles. The van der Waals surface area contributed by atoms with E-state index in [4.69, 9.17) is 0 Å². The summed E-state index contributed by atoms with van der Waals surface area (Å²) >= 11 is 0. The molecule has 4 rings (SSSR count). The molecule has 8 heteroatoms. The fourth-order valence-electron chi connectivity index (χ4n) is 3.46. The molecule has 140 valence electrons. The Labute approximate surface area is 156 Å². The predicted octanol–water partition coefficient (Wildman–Crippen LogP) is 2.01. The summed E-state index contributed by atoms with van der Waals surface area (Å²) in [6.07, 6.45) is 2.28. The number of hydrogen-bond donors (Lipinski definition) is 2. The second-order valence-electron chi connectivity index (χ2n) is 7.11. The number of nitrogens with one attached hydrogen (secondary N) is 2. The Balaban J connectivity index is 1.47. The van der Waals surface area contributed by atoms with Crippen molar-refractivity contribution in [2.75, 3.05) is 18.4 Å². The summed E-state index contributed by atoms with van der Waals surface area (Å²) in [7, 11) is 1.83. The molecule has 1 fully saturated rings. The maximum Gasteiger partial charge on any atom is 0.275 e. The van der Waals surface area contributed by atoms with Crippen LogP contribution in [0.4, 0.5) is 5.69 Å². The van der Waals surface area contributed by atoms with E-state index in [9.17, 15) is 9.59 Å². The van der Waals surface area contributed by atoms with Gasteiger partial charge in [0.25, 0.3) is 5.91 Å². The Bertz CT molecular complexity index is 1030. The first-order chi connectivity index (χ1) is 12.9. The Morgan fingerprint density at radius 2 is 2.11 bits per heavy atom. The van der Waals surface area contributed by atoms with Crippen LogP contribution in [0, 0.1) is 19.8 Å². The lowest BCUT2D eigenvalue weighted by Gasteiger charge is -2.15. The lowest BCUT2D eigenvalue weighted by molar-refractivity contribution is -0.119. The van der Waals surface area contributed by atoms with E-state index in [-0.39, 0.29) is 17.7 Å². The molecule has 0 bridgehead atoms. The minimum Gasteiger partial charge on any atom is -0.336 e. The summed E-state index contributed by atoms with van der Waals surface area (Å²) in [5, 5.41) is 15.0. The van der Waals surface area contributed by atoms with E-state index in [0.29, 0.717) is 30.9 Å². The van der Waals surface area contributed by atoms with Crippen molar-refractivity contribution in [1.29, 1.82) is 0 Å². The maximum absolute atomic E-state index is 12.9. The molecule has 0 aliphatic carbocycles. The third kappa shape index (κ3) is 3.07. The fourth-order valence-corrected chi connectivity index (χ4v) is 3.46. The summed E-state index contributed by atoms with van der Waals surface area (Å²) < 4.78 is 1.71. The highest BCUT2D eigenvalue weighted by molar-refractivity contribution is 6.05. The van der Waals surface area contributed by atoms with E-state index in [1.54, 1.807) is 15.8 Å². The summed E-state index contributed by atoms with van der Waals surface area (Å²) in [5.74, 6) is -0.454. The van der Waals surface area contributed by atoms with Crippen molar-refractivity contribution < 1.29 is 9.59 Å².